The quantitative estimate of drug-likeness (QED) is 0.698. The molecular weight excluding hydrogens is 166 g/mol. The van der Waals surface area contributed by atoms with E-state index >= 15 is 0 Å². The van der Waals surface area contributed by atoms with Gasteiger partial charge >= 0.3 is 0 Å². The van der Waals surface area contributed by atoms with Crippen LogP contribution in [0.2, 0.25) is 0 Å². The zero-order chi connectivity index (χ0) is 9.15. The Bertz CT molecular complexity index is 254. The van der Waals surface area contributed by atoms with E-state index in [4.69, 9.17) is 4.74 Å². The van der Waals surface area contributed by atoms with Crippen LogP contribution in [-0.4, -0.2) is 28.0 Å². The van der Waals surface area contributed by atoms with Crippen LogP contribution in [0.4, 0.5) is 0 Å². The van der Waals surface area contributed by atoms with Crippen molar-refractivity contribution < 1.29 is 4.74 Å². The molecule has 1 fully saturated rings. The molecule has 1 aromatic rings. The summed E-state index contributed by atoms with van der Waals surface area (Å²) < 4.78 is 7.18. The minimum absolute atomic E-state index is 0.336. The number of nitrogens with zero attached hydrogens (tertiary/aromatic N) is 3. The van der Waals surface area contributed by atoms with Gasteiger partial charge < -0.3 is 4.74 Å². The van der Waals surface area contributed by atoms with Gasteiger partial charge in [0.25, 0.3) is 0 Å². The highest BCUT2D eigenvalue weighted by Crippen LogP contribution is 2.34. The molecular formula is C9H15N3O. The van der Waals surface area contributed by atoms with E-state index in [0.29, 0.717) is 5.41 Å². The number of ether oxygens (including phenoxy) is 1. The second-order valence-corrected chi connectivity index (χ2v) is 3.84. The molecule has 2 rings (SSSR count). The van der Waals surface area contributed by atoms with Gasteiger partial charge in [-0.1, -0.05) is 13.3 Å². The fourth-order valence-corrected chi connectivity index (χ4v) is 1.89. The van der Waals surface area contributed by atoms with Gasteiger partial charge in [-0.3, -0.25) is 4.68 Å². The van der Waals surface area contributed by atoms with Gasteiger partial charge in [0.1, 0.15) is 12.7 Å². The average molecular weight is 181 g/mol. The topological polar surface area (TPSA) is 39.9 Å². The van der Waals surface area contributed by atoms with Gasteiger partial charge in [0.2, 0.25) is 0 Å². The van der Waals surface area contributed by atoms with Crippen molar-refractivity contribution in [1.29, 1.82) is 0 Å². The van der Waals surface area contributed by atoms with E-state index in [1.807, 2.05) is 4.68 Å². The van der Waals surface area contributed by atoms with E-state index in [0.717, 1.165) is 19.8 Å². The Kier molecular flexibility index (Phi) is 2.31. The van der Waals surface area contributed by atoms with Gasteiger partial charge in [-0.15, -0.1) is 0 Å². The second kappa shape index (κ2) is 3.46. The Morgan fingerprint density at radius 2 is 2.38 bits per heavy atom. The third-order valence-electron chi connectivity index (χ3n) is 2.56. The Hall–Kier alpha value is -0.900. The summed E-state index contributed by atoms with van der Waals surface area (Å²) in [4.78, 5) is 3.94. The first-order valence-electron chi connectivity index (χ1n) is 4.75. The molecule has 0 spiro atoms. The number of aromatic nitrogens is 3. The van der Waals surface area contributed by atoms with Crippen molar-refractivity contribution in [1.82, 2.24) is 14.8 Å². The van der Waals surface area contributed by atoms with Crippen LogP contribution in [0.15, 0.2) is 12.7 Å². The number of rotatable bonds is 4. The molecule has 0 N–H and O–H groups in total. The first-order chi connectivity index (χ1) is 6.35. The molecule has 0 amide bonds. The molecule has 2 heterocycles. The highest BCUT2D eigenvalue weighted by atomic mass is 16.5. The summed E-state index contributed by atoms with van der Waals surface area (Å²) in [6.45, 7) is 4.91. The summed E-state index contributed by atoms with van der Waals surface area (Å²) >= 11 is 0. The third-order valence-corrected chi connectivity index (χ3v) is 2.56. The smallest absolute Gasteiger partial charge is 0.137 e. The monoisotopic (exact) mass is 181 g/mol. The maximum atomic E-state index is 5.28. The molecule has 72 valence electrons. The van der Waals surface area contributed by atoms with Gasteiger partial charge in [-0.25, -0.2) is 4.98 Å². The lowest BCUT2D eigenvalue weighted by Gasteiger charge is -2.41. The lowest BCUT2D eigenvalue weighted by atomic mass is 9.81. The fraction of sp³-hybridized carbons (Fsp3) is 0.778. The Labute approximate surface area is 77.9 Å². The molecule has 1 aliphatic rings. The van der Waals surface area contributed by atoms with E-state index in [1.165, 1.54) is 12.8 Å². The van der Waals surface area contributed by atoms with Crippen molar-refractivity contribution in [2.24, 2.45) is 5.41 Å². The molecule has 1 aliphatic heterocycles. The number of hydrogen-bond donors (Lipinski definition) is 0. The van der Waals surface area contributed by atoms with Gasteiger partial charge in [0.15, 0.2) is 0 Å². The van der Waals surface area contributed by atoms with Crippen LogP contribution in [-0.2, 0) is 11.3 Å². The van der Waals surface area contributed by atoms with Gasteiger partial charge in [-0.05, 0) is 6.42 Å². The number of hydrogen-bond acceptors (Lipinski definition) is 3. The molecule has 0 atom stereocenters. The van der Waals surface area contributed by atoms with E-state index < -0.39 is 0 Å². The molecule has 0 aromatic carbocycles. The van der Waals surface area contributed by atoms with Crippen molar-refractivity contribution in [3.05, 3.63) is 12.7 Å². The molecule has 4 nitrogen and oxygen atoms in total. The first kappa shape index (κ1) is 8.69. The SMILES string of the molecule is CCCC1(Cn2cncn2)COC1. The van der Waals surface area contributed by atoms with Crippen LogP contribution >= 0.6 is 0 Å². The molecule has 0 unspecified atom stereocenters. The maximum absolute atomic E-state index is 5.28. The highest BCUT2D eigenvalue weighted by Gasteiger charge is 2.38. The van der Waals surface area contributed by atoms with Crippen LogP contribution in [0.25, 0.3) is 0 Å². The third kappa shape index (κ3) is 1.72. The molecule has 13 heavy (non-hydrogen) atoms. The van der Waals surface area contributed by atoms with Crippen molar-refractivity contribution >= 4 is 0 Å². The van der Waals surface area contributed by atoms with Crippen LogP contribution in [0.3, 0.4) is 0 Å². The summed E-state index contributed by atoms with van der Waals surface area (Å²) in [6.07, 6.45) is 5.78. The summed E-state index contributed by atoms with van der Waals surface area (Å²) in [5.74, 6) is 0. The van der Waals surface area contributed by atoms with Crippen molar-refractivity contribution in [3.8, 4) is 0 Å². The fourth-order valence-electron chi connectivity index (χ4n) is 1.89. The molecule has 0 saturated carbocycles. The molecule has 0 radical (unpaired) electrons. The molecule has 0 bridgehead atoms. The van der Waals surface area contributed by atoms with Crippen molar-refractivity contribution in [2.75, 3.05) is 13.2 Å². The van der Waals surface area contributed by atoms with E-state index in [1.54, 1.807) is 12.7 Å². The second-order valence-electron chi connectivity index (χ2n) is 3.84. The summed E-state index contributed by atoms with van der Waals surface area (Å²) in [6, 6.07) is 0. The predicted molar refractivity (Wildman–Crippen MR) is 48.2 cm³/mol. The van der Waals surface area contributed by atoms with Gasteiger partial charge in [0.05, 0.1) is 19.8 Å². The van der Waals surface area contributed by atoms with Gasteiger partial charge in [0, 0.05) is 5.41 Å². The molecule has 1 saturated heterocycles. The van der Waals surface area contributed by atoms with Crippen LogP contribution in [0.5, 0.6) is 0 Å². The van der Waals surface area contributed by atoms with Crippen LogP contribution in [0.1, 0.15) is 19.8 Å². The first-order valence-corrected chi connectivity index (χ1v) is 4.75. The summed E-state index contributed by atoms with van der Waals surface area (Å²) in [7, 11) is 0. The summed E-state index contributed by atoms with van der Waals surface area (Å²) in [5, 5.41) is 4.12. The molecule has 0 aliphatic carbocycles. The van der Waals surface area contributed by atoms with E-state index in [-0.39, 0.29) is 0 Å². The predicted octanol–water partition coefficient (Wildman–Crippen LogP) is 1.09. The Balaban J connectivity index is 1.98. The summed E-state index contributed by atoms with van der Waals surface area (Å²) in [5.41, 5.74) is 0.336. The minimum atomic E-state index is 0.336. The lowest BCUT2D eigenvalue weighted by molar-refractivity contribution is -0.128. The molecule has 1 aromatic heterocycles. The van der Waals surface area contributed by atoms with Gasteiger partial charge in [-0.2, -0.15) is 5.10 Å². The average Bonchev–Trinajstić information content (AvgIpc) is 2.53. The van der Waals surface area contributed by atoms with E-state index in [2.05, 4.69) is 17.0 Å². The Morgan fingerprint density at radius 3 is 2.85 bits per heavy atom. The highest BCUT2D eigenvalue weighted by molar-refractivity contribution is 4.85. The van der Waals surface area contributed by atoms with Crippen LogP contribution in [0, 0.1) is 5.41 Å². The minimum Gasteiger partial charge on any atom is -0.380 e. The van der Waals surface area contributed by atoms with Crippen molar-refractivity contribution in [2.45, 2.75) is 26.3 Å². The normalized spacial score (nSPS) is 19.8. The zero-order valence-corrected chi connectivity index (χ0v) is 7.94. The van der Waals surface area contributed by atoms with Crippen LogP contribution < -0.4 is 0 Å². The maximum Gasteiger partial charge on any atom is 0.137 e. The molecule has 4 heteroatoms. The van der Waals surface area contributed by atoms with E-state index in [9.17, 15) is 0 Å². The largest absolute Gasteiger partial charge is 0.380 e. The Morgan fingerprint density at radius 1 is 1.54 bits per heavy atom. The zero-order valence-electron chi connectivity index (χ0n) is 7.94. The van der Waals surface area contributed by atoms with Crippen molar-refractivity contribution in [3.63, 3.8) is 0 Å². The standard InChI is InChI=1S/C9H15N3O/c1-2-3-9(5-13-6-9)4-12-8-10-7-11-12/h7-8H,2-6H2,1H3. The lowest BCUT2D eigenvalue weighted by Crippen LogP contribution is -2.45.